The number of aryl methyl sites for hydroxylation is 2. The summed E-state index contributed by atoms with van der Waals surface area (Å²) in [5.74, 6) is 0.631. The number of carbonyl (C=O) groups excluding carboxylic acids is 1. The van der Waals surface area contributed by atoms with Crippen molar-refractivity contribution in [2.24, 2.45) is 0 Å². The second kappa shape index (κ2) is 9.19. The molecule has 0 fully saturated rings. The lowest BCUT2D eigenvalue weighted by molar-refractivity contribution is 0.0951. The first-order valence-corrected chi connectivity index (χ1v) is 9.64. The molecule has 0 unspecified atom stereocenters. The van der Waals surface area contributed by atoms with Crippen LogP contribution in [0.4, 0.5) is 0 Å². The molecule has 0 bridgehead atoms. The van der Waals surface area contributed by atoms with Crippen LogP contribution in [-0.4, -0.2) is 28.8 Å². The largest absolute Gasteiger partial charge is 0.494 e. The van der Waals surface area contributed by atoms with Crippen LogP contribution in [0.25, 0.3) is 11.3 Å². The average molecular weight is 391 g/mol. The number of rotatable bonds is 7. The van der Waals surface area contributed by atoms with Crippen LogP contribution in [0.5, 0.6) is 5.75 Å². The van der Waals surface area contributed by atoms with E-state index in [2.05, 4.69) is 10.4 Å². The molecule has 0 saturated carbocycles. The van der Waals surface area contributed by atoms with Gasteiger partial charge in [-0.3, -0.25) is 9.59 Å². The van der Waals surface area contributed by atoms with E-state index >= 15 is 0 Å². The second-order valence-corrected chi connectivity index (χ2v) is 6.87. The Morgan fingerprint density at radius 2 is 1.72 bits per heavy atom. The molecule has 0 aliphatic rings. The lowest BCUT2D eigenvalue weighted by atomic mass is 10.1. The van der Waals surface area contributed by atoms with E-state index < -0.39 is 0 Å². The molecular weight excluding hydrogens is 366 g/mol. The quantitative estimate of drug-likeness (QED) is 0.670. The lowest BCUT2D eigenvalue weighted by Gasteiger charge is -2.10. The summed E-state index contributed by atoms with van der Waals surface area (Å²) >= 11 is 0. The van der Waals surface area contributed by atoms with Gasteiger partial charge in [-0.05, 0) is 63.2 Å². The Morgan fingerprint density at radius 3 is 2.38 bits per heavy atom. The van der Waals surface area contributed by atoms with Crippen LogP contribution in [0, 0.1) is 13.8 Å². The Labute approximate surface area is 170 Å². The summed E-state index contributed by atoms with van der Waals surface area (Å²) in [4.78, 5) is 24.5. The lowest BCUT2D eigenvalue weighted by Crippen LogP contribution is -2.32. The number of hydrogen-bond acceptors (Lipinski definition) is 4. The summed E-state index contributed by atoms with van der Waals surface area (Å²) in [5, 5.41) is 7.28. The minimum atomic E-state index is -0.208. The van der Waals surface area contributed by atoms with Crippen LogP contribution < -0.4 is 15.6 Å². The molecule has 1 amide bonds. The zero-order valence-electron chi connectivity index (χ0n) is 16.9. The summed E-state index contributed by atoms with van der Waals surface area (Å²) in [5.41, 5.74) is 4.06. The van der Waals surface area contributed by atoms with Crippen LogP contribution in [0.2, 0.25) is 0 Å². The van der Waals surface area contributed by atoms with Crippen LogP contribution in [0.1, 0.15) is 28.4 Å². The number of nitrogens with one attached hydrogen (secondary N) is 1. The van der Waals surface area contributed by atoms with Crippen molar-refractivity contribution < 1.29 is 9.53 Å². The average Bonchev–Trinajstić information content (AvgIpc) is 2.69. The maximum absolute atomic E-state index is 12.4. The topological polar surface area (TPSA) is 73.2 Å². The summed E-state index contributed by atoms with van der Waals surface area (Å²) in [6, 6.07) is 16.5. The highest BCUT2D eigenvalue weighted by Crippen LogP contribution is 2.19. The Hall–Kier alpha value is -3.41. The van der Waals surface area contributed by atoms with Crippen LogP contribution in [-0.2, 0) is 6.54 Å². The van der Waals surface area contributed by atoms with E-state index in [0.29, 0.717) is 31.0 Å². The third-order valence-corrected chi connectivity index (χ3v) is 4.42. The molecule has 29 heavy (non-hydrogen) atoms. The van der Waals surface area contributed by atoms with Gasteiger partial charge in [0.05, 0.1) is 18.8 Å². The second-order valence-electron chi connectivity index (χ2n) is 6.87. The minimum absolute atomic E-state index is 0.160. The van der Waals surface area contributed by atoms with Gasteiger partial charge < -0.3 is 10.1 Å². The van der Waals surface area contributed by atoms with Gasteiger partial charge in [-0.25, -0.2) is 4.68 Å². The number of benzene rings is 2. The molecule has 6 nitrogen and oxygen atoms in total. The number of hydrogen-bond donors (Lipinski definition) is 1. The van der Waals surface area contributed by atoms with E-state index in [9.17, 15) is 9.59 Å². The summed E-state index contributed by atoms with van der Waals surface area (Å²) in [6.45, 7) is 7.06. The maximum atomic E-state index is 12.4. The number of amides is 1. The molecule has 0 aliphatic carbocycles. The van der Waals surface area contributed by atoms with E-state index in [1.54, 1.807) is 6.07 Å². The first-order valence-electron chi connectivity index (χ1n) is 9.64. The first-order chi connectivity index (χ1) is 14.0. The van der Waals surface area contributed by atoms with E-state index in [1.807, 2.05) is 63.2 Å². The molecule has 0 saturated heterocycles. The Balaban J connectivity index is 1.67. The minimum Gasteiger partial charge on any atom is -0.494 e. The van der Waals surface area contributed by atoms with Gasteiger partial charge in [0.2, 0.25) is 0 Å². The summed E-state index contributed by atoms with van der Waals surface area (Å²) in [6.07, 6.45) is 0. The molecule has 0 aliphatic heterocycles. The normalized spacial score (nSPS) is 10.6. The molecule has 3 aromatic rings. The van der Waals surface area contributed by atoms with Crippen molar-refractivity contribution in [3.05, 3.63) is 81.6 Å². The predicted octanol–water partition coefficient (Wildman–Crippen LogP) is 3.36. The fraction of sp³-hybridized carbons (Fsp3) is 0.261. The van der Waals surface area contributed by atoms with E-state index in [1.165, 1.54) is 10.7 Å². The van der Waals surface area contributed by atoms with E-state index in [-0.39, 0.29) is 11.5 Å². The number of ether oxygens (including phenoxy) is 1. The highest BCUT2D eigenvalue weighted by molar-refractivity contribution is 5.94. The molecule has 6 heteroatoms. The third-order valence-electron chi connectivity index (χ3n) is 4.42. The summed E-state index contributed by atoms with van der Waals surface area (Å²) in [7, 11) is 0. The molecule has 2 aromatic carbocycles. The Kier molecular flexibility index (Phi) is 6.44. The molecule has 0 radical (unpaired) electrons. The molecule has 0 atom stereocenters. The molecule has 3 rings (SSSR count). The fourth-order valence-corrected chi connectivity index (χ4v) is 3.13. The molecule has 150 valence electrons. The van der Waals surface area contributed by atoms with Gasteiger partial charge in [0.25, 0.3) is 11.5 Å². The van der Waals surface area contributed by atoms with Gasteiger partial charge in [0, 0.05) is 23.7 Å². The predicted molar refractivity (Wildman–Crippen MR) is 113 cm³/mol. The number of carbonyl (C=O) groups is 1. The maximum Gasteiger partial charge on any atom is 0.266 e. The molecule has 1 N–H and O–H groups in total. The van der Waals surface area contributed by atoms with Gasteiger partial charge in [-0.15, -0.1) is 0 Å². The zero-order valence-corrected chi connectivity index (χ0v) is 16.9. The van der Waals surface area contributed by atoms with Crippen molar-refractivity contribution in [2.75, 3.05) is 13.2 Å². The van der Waals surface area contributed by atoms with E-state index in [0.717, 1.165) is 22.4 Å². The van der Waals surface area contributed by atoms with Crippen molar-refractivity contribution >= 4 is 5.91 Å². The molecule has 0 spiro atoms. The fourth-order valence-electron chi connectivity index (χ4n) is 3.13. The first kappa shape index (κ1) is 20.3. The summed E-state index contributed by atoms with van der Waals surface area (Å²) < 4.78 is 6.82. The van der Waals surface area contributed by atoms with E-state index in [4.69, 9.17) is 4.74 Å². The highest BCUT2D eigenvalue weighted by Gasteiger charge is 2.08. The third kappa shape index (κ3) is 5.31. The smallest absolute Gasteiger partial charge is 0.266 e. The van der Waals surface area contributed by atoms with Crippen molar-refractivity contribution in [1.82, 2.24) is 15.1 Å². The van der Waals surface area contributed by atoms with Gasteiger partial charge in [-0.1, -0.05) is 17.2 Å². The van der Waals surface area contributed by atoms with Crippen molar-refractivity contribution in [3.8, 4) is 17.0 Å². The van der Waals surface area contributed by atoms with Crippen molar-refractivity contribution in [1.29, 1.82) is 0 Å². The van der Waals surface area contributed by atoms with Crippen molar-refractivity contribution in [2.45, 2.75) is 27.3 Å². The molecule has 1 aromatic heterocycles. The monoisotopic (exact) mass is 391 g/mol. The van der Waals surface area contributed by atoms with Gasteiger partial charge >= 0.3 is 0 Å². The highest BCUT2D eigenvalue weighted by atomic mass is 16.5. The standard InChI is InChI=1S/C23H25N3O3/c1-4-29-20-7-5-18(6-8-20)21-9-10-22(27)26(25-21)12-11-24-23(28)19-14-16(2)13-17(3)15-19/h5-10,13-15H,4,11-12H2,1-3H3,(H,24,28). The van der Waals surface area contributed by atoms with Crippen LogP contribution >= 0.6 is 0 Å². The van der Waals surface area contributed by atoms with Gasteiger partial charge in [0.1, 0.15) is 5.75 Å². The van der Waals surface area contributed by atoms with Crippen molar-refractivity contribution in [3.63, 3.8) is 0 Å². The zero-order chi connectivity index (χ0) is 20.8. The number of nitrogens with zero attached hydrogens (tertiary/aromatic N) is 2. The Bertz CT molecular complexity index is 1040. The SMILES string of the molecule is CCOc1ccc(-c2ccc(=O)n(CCNC(=O)c3cc(C)cc(C)c3)n2)cc1. The molecule has 1 heterocycles. The molecular formula is C23H25N3O3. The van der Waals surface area contributed by atoms with Gasteiger partial charge in [0.15, 0.2) is 0 Å². The van der Waals surface area contributed by atoms with Crippen LogP contribution in [0.15, 0.2) is 59.4 Å². The van der Waals surface area contributed by atoms with Crippen LogP contribution in [0.3, 0.4) is 0 Å². The van der Waals surface area contributed by atoms with Gasteiger partial charge in [-0.2, -0.15) is 5.10 Å². The Morgan fingerprint density at radius 1 is 1.03 bits per heavy atom. The number of aromatic nitrogens is 2.